The van der Waals surface area contributed by atoms with Gasteiger partial charge < -0.3 is 28.9 Å². The van der Waals surface area contributed by atoms with Gasteiger partial charge in [-0.3, -0.25) is 19.2 Å². The summed E-state index contributed by atoms with van der Waals surface area (Å²) in [6.07, 6.45) is 13.0. The molecule has 12 nitrogen and oxygen atoms in total. The van der Waals surface area contributed by atoms with Gasteiger partial charge in [0.2, 0.25) is 0 Å². The van der Waals surface area contributed by atoms with Crippen molar-refractivity contribution in [3.63, 3.8) is 0 Å². The number of aromatic amines is 2. The van der Waals surface area contributed by atoms with Gasteiger partial charge in [-0.2, -0.15) is 0 Å². The monoisotopic (exact) mass is 1090 g/mol. The lowest BCUT2D eigenvalue weighted by molar-refractivity contribution is -0.134. The Bertz CT molecular complexity index is 3300. The van der Waals surface area contributed by atoms with Crippen LogP contribution in [0, 0.1) is 0 Å². The van der Waals surface area contributed by atoms with E-state index in [2.05, 4.69) is 9.97 Å². The van der Waals surface area contributed by atoms with Crippen molar-refractivity contribution in [2.45, 2.75) is 25.7 Å². The van der Waals surface area contributed by atoms with E-state index >= 15 is 0 Å². The minimum Gasteiger partial charge on any atom is -0.426 e. The Morgan fingerprint density at radius 2 is 0.579 bits per heavy atom. The molecule has 2 N–H and O–H groups in total. The molecule has 0 aliphatic carbocycles. The fraction of sp³-hybridized carbons (Fsp3) is 0.0667. The minimum absolute atomic E-state index is 0.0810. The Morgan fingerprint density at radius 1 is 0.355 bits per heavy atom. The molecule has 2 aliphatic heterocycles. The van der Waals surface area contributed by atoms with Crippen LogP contribution in [0.3, 0.4) is 0 Å². The Hall–Kier alpha value is -8.52. The van der Waals surface area contributed by atoms with E-state index in [1.54, 1.807) is 48.5 Å². The summed E-state index contributed by atoms with van der Waals surface area (Å²) in [5.74, 6) is -1.18. The van der Waals surface area contributed by atoms with Crippen LogP contribution in [0.1, 0.15) is 48.5 Å². The van der Waals surface area contributed by atoms with E-state index < -0.39 is 23.9 Å². The zero-order valence-electron chi connectivity index (χ0n) is 40.0. The third-order valence-electron chi connectivity index (χ3n) is 11.8. The largest absolute Gasteiger partial charge is 0.426 e. The van der Waals surface area contributed by atoms with Crippen molar-refractivity contribution in [1.29, 1.82) is 0 Å². The van der Waals surface area contributed by atoms with Crippen LogP contribution in [0.15, 0.2) is 168 Å². The second kappa shape index (κ2) is 24.7. The second-order valence-corrected chi connectivity index (χ2v) is 17.7. The first kappa shape index (κ1) is 52.3. The van der Waals surface area contributed by atoms with Crippen LogP contribution in [0.25, 0.3) is 90.9 Å². The van der Waals surface area contributed by atoms with Crippen molar-refractivity contribution in [1.82, 2.24) is 19.9 Å². The highest BCUT2D eigenvalue weighted by Gasteiger charge is 2.24. The number of nitrogens with zero attached hydrogens (tertiary/aromatic N) is 2. The van der Waals surface area contributed by atoms with Crippen LogP contribution in [0.2, 0.25) is 0 Å². The van der Waals surface area contributed by atoms with Crippen LogP contribution in [-0.2, 0) is 19.2 Å². The summed E-state index contributed by atoms with van der Waals surface area (Å²) in [6, 6.07) is 36.0. The van der Waals surface area contributed by atoms with Gasteiger partial charge in [-0.25, -0.2) is 9.97 Å². The highest BCUT2D eigenvalue weighted by molar-refractivity contribution is 6.26. The Balaban J connectivity index is 1.43. The molecule has 9 rings (SSSR count). The van der Waals surface area contributed by atoms with Crippen LogP contribution >= 0.6 is 46.4 Å². The molecule has 0 amide bonds. The third kappa shape index (κ3) is 11.9. The maximum Gasteiger partial charge on any atom is 0.315 e. The lowest BCUT2D eigenvalue weighted by Gasteiger charge is -2.13. The van der Waals surface area contributed by atoms with Crippen LogP contribution < -0.4 is 18.9 Å². The molecule has 378 valence electrons. The average molecular weight is 1090 g/mol. The number of carbonyl (C=O) groups is 4. The molecule has 4 aromatic carbocycles. The van der Waals surface area contributed by atoms with Crippen molar-refractivity contribution in [3.8, 4) is 67.5 Å². The first-order valence-corrected chi connectivity index (χ1v) is 25.3. The van der Waals surface area contributed by atoms with Gasteiger partial charge in [0.25, 0.3) is 0 Å². The first-order valence-electron chi connectivity index (χ1n) is 23.5. The number of aromatic nitrogens is 4. The third-order valence-corrected chi connectivity index (χ3v) is 12.5. The molecular weight excluding hydrogens is 1050 g/mol. The van der Waals surface area contributed by atoms with Gasteiger partial charge in [0.05, 0.1) is 48.5 Å². The fourth-order valence-electron chi connectivity index (χ4n) is 8.61. The number of carbonyl (C=O) groups excluding carboxylic acids is 4. The first-order chi connectivity index (χ1) is 37.2. The number of para-hydroxylation sites is 4. The van der Waals surface area contributed by atoms with E-state index in [4.69, 9.17) is 75.3 Å². The maximum atomic E-state index is 13.3. The molecule has 0 unspecified atom stereocenters. The van der Waals surface area contributed by atoms with Gasteiger partial charge in [-0.05, 0) is 72.8 Å². The zero-order valence-corrected chi connectivity index (χ0v) is 43.0. The number of nitrogens with one attached hydrogen (secondary N) is 2. The number of fused-ring (bicyclic) bond motifs is 8. The highest BCUT2D eigenvalue weighted by Crippen LogP contribution is 2.44. The molecule has 8 bridgehead atoms. The molecule has 0 atom stereocenters. The molecule has 0 radical (unpaired) electrons. The average Bonchev–Trinajstić information content (AvgIpc) is 4.30. The molecule has 3 aromatic heterocycles. The number of rotatable bonds is 16. The molecule has 16 heteroatoms. The molecule has 0 spiro atoms. The maximum absolute atomic E-state index is 13.3. The van der Waals surface area contributed by atoms with Gasteiger partial charge >= 0.3 is 23.9 Å². The normalized spacial score (nSPS) is 12.1. The Morgan fingerprint density at radius 3 is 0.803 bits per heavy atom. The predicted molar refractivity (Wildman–Crippen MR) is 302 cm³/mol. The highest BCUT2D eigenvalue weighted by atomic mass is 35.5. The molecule has 7 aromatic rings. The molecule has 5 heterocycles. The molecule has 0 fully saturated rings. The summed E-state index contributed by atoms with van der Waals surface area (Å²) >= 11 is 23.2. The van der Waals surface area contributed by atoms with E-state index in [-0.39, 0.29) is 48.7 Å². The molecule has 2 aliphatic rings. The fourth-order valence-corrected chi connectivity index (χ4v) is 8.96. The Kier molecular flexibility index (Phi) is 17.0. The van der Waals surface area contributed by atoms with Crippen molar-refractivity contribution in [2.75, 3.05) is 0 Å². The smallest absolute Gasteiger partial charge is 0.315 e. The molecular formula is C60H42Cl4N4O8. The van der Waals surface area contributed by atoms with Crippen LogP contribution in [0.4, 0.5) is 0 Å². The lowest BCUT2D eigenvalue weighted by atomic mass is 10.0. The summed E-state index contributed by atoms with van der Waals surface area (Å²) in [7, 11) is 0. The molecule has 0 saturated heterocycles. The van der Waals surface area contributed by atoms with Gasteiger partial charge in [-0.1, -0.05) is 144 Å². The van der Waals surface area contributed by atoms with Crippen molar-refractivity contribution in [3.05, 3.63) is 191 Å². The van der Waals surface area contributed by atoms with E-state index in [9.17, 15) is 19.2 Å². The minimum atomic E-state index is -0.547. The quantitative estimate of drug-likeness (QED) is 0.0703. The summed E-state index contributed by atoms with van der Waals surface area (Å²) in [4.78, 5) is 71.0. The van der Waals surface area contributed by atoms with Gasteiger partial charge in [0, 0.05) is 88.7 Å². The summed E-state index contributed by atoms with van der Waals surface area (Å²) in [5.41, 5.74) is 13.4. The number of hydrogen-bond acceptors (Lipinski definition) is 10. The topological polar surface area (TPSA) is 163 Å². The second-order valence-electron chi connectivity index (χ2n) is 16.6. The van der Waals surface area contributed by atoms with E-state index in [1.807, 2.05) is 97.1 Å². The van der Waals surface area contributed by atoms with Gasteiger partial charge in [0.15, 0.2) is 0 Å². The molecule has 0 saturated carbocycles. The van der Waals surface area contributed by atoms with E-state index in [1.165, 1.54) is 46.4 Å². The van der Waals surface area contributed by atoms with Gasteiger partial charge in [0.1, 0.15) is 23.0 Å². The van der Waals surface area contributed by atoms with Crippen LogP contribution in [-0.4, -0.2) is 43.8 Å². The SMILES string of the molecule is O=C(CC=CCl)Oc1ccccc1-c1c2nc(c(-c3ccccc3OC(=O)CC=CCl)c3ccc([nH]3)c(-c3ccccc3OC(=O)CC=CCl)c3nc(c(-c4ccccc4OC(=O)CC=CCl)c4ccc1[nH]4)C=C3)C=C2. The zero-order chi connectivity index (χ0) is 53.0. The Labute approximate surface area is 455 Å². The van der Waals surface area contributed by atoms with Crippen molar-refractivity contribution >= 4 is 117 Å². The number of hydrogen-bond donors (Lipinski definition) is 2. The summed E-state index contributed by atoms with van der Waals surface area (Å²) in [5, 5.41) is 0. The van der Waals surface area contributed by atoms with Gasteiger partial charge in [-0.15, -0.1) is 0 Å². The van der Waals surface area contributed by atoms with Crippen molar-refractivity contribution in [2.24, 2.45) is 0 Å². The molecule has 76 heavy (non-hydrogen) atoms. The number of esters is 4. The number of H-pyrrole nitrogens is 2. The summed E-state index contributed by atoms with van der Waals surface area (Å²) < 4.78 is 24.1. The number of benzene rings is 4. The predicted octanol–water partition coefficient (Wildman–Crippen LogP) is 15.5. The van der Waals surface area contributed by atoms with Crippen LogP contribution in [0.5, 0.6) is 23.0 Å². The number of ether oxygens (including phenoxy) is 4. The van der Waals surface area contributed by atoms with Crippen molar-refractivity contribution < 1.29 is 38.1 Å². The lowest BCUT2D eigenvalue weighted by Crippen LogP contribution is -2.07. The standard InChI is InChI=1S/C60H42Cl4N4O8/c61-33-9-21-53(69)73-49-17-5-1-13-37(49)57-41-25-27-43(65-41)58(38-14-2-6-18-50(38)74-54(70)22-10-34-62)45-29-31-47(67-45)60(40-16-4-8-20-52(40)76-56(72)24-12-36-64)48-32-30-46(68-48)59(44-28-26-42(57)66-44)39-15-3-7-19-51(39)75-55(71)23-11-35-63/h1-20,25-36,65,68H,21-24H2. The number of halogens is 4. The summed E-state index contributed by atoms with van der Waals surface area (Å²) in [6.45, 7) is 0. The van der Waals surface area contributed by atoms with E-state index in [0.29, 0.717) is 89.4 Å². The van der Waals surface area contributed by atoms with E-state index in [0.717, 1.165) is 0 Å².